The average molecular weight is 362 g/mol. The number of amides is 1. The van der Waals surface area contributed by atoms with Gasteiger partial charge in [-0.05, 0) is 36.2 Å². The molecule has 1 aromatic heterocycles. The highest BCUT2D eigenvalue weighted by Crippen LogP contribution is 2.35. The summed E-state index contributed by atoms with van der Waals surface area (Å²) >= 11 is 0. The minimum Gasteiger partial charge on any atom is -0.399 e. The number of nitrogens with two attached hydrogens (primary N) is 2. The number of primary amides is 1. The largest absolute Gasteiger partial charge is 0.399 e. The molecule has 0 spiro atoms. The summed E-state index contributed by atoms with van der Waals surface area (Å²) in [7, 11) is 0. The number of nitrogens with one attached hydrogen (secondary N) is 1. The van der Waals surface area contributed by atoms with Crippen molar-refractivity contribution in [1.82, 2.24) is 14.9 Å². The fourth-order valence-electron chi connectivity index (χ4n) is 4.41. The Balaban J connectivity index is 1.35. The summed E-state index contributed by atoms with van der Waals surface area (Å²) in [6.07, 6.45) is 1.13. The molecule has 3 aromatic rings. The number of aromatic amines is 1. The second kappa shape index (κ2) is 5.99. The first-order valence-electron chi connectivity index (χ1n) is 9.22. The van der Waals surface area contributed by atoms with Gasteiger partial charge in [0, 0.05) is 37.4 Å². The second-order valence-electron chi connectivity index (χ2n) is 7.49. The Bertz CT molecular complexity index is 1010. The van der Waals surface area contributed by atoms with Gasteiger partial charge < -0.3 is 21.4 Å². The van der Waals surface area contributed by atoms with Crippen LogP contribution in [0.1, 0.15) is 22.3 Å². The summed E-state index contributed by atoms with van der Waals surface area (Å²) in [6.45, 7) is 2.89. The third-order valence-corrected chi connectivity index (χ3v) is 5.76. The molecule has 2 aliphatic heterocycles. The van der Waals surface area contributed by atoms with Crippen molar-refractivity contribution < 1.29 is 4.79 Å². The van der Waals surface area contributed by atoms with Crippen LogP contribution in [-0.4, -0.2) is 45.9 Å². The summed E-state index contributed by atoms with van der Waals surface area (Å²) < 4.78 is 0. The predicted molar refractivity (Wildman–Crippen MR) is 105 cm³/mol. The number of imidazole rings is 1. The third kappa shape index (κ3) is 2.71. The normalized spacial score (nSPS) is 22.0. The van der Waals surface area contributed by atoms with Gasteiger partial charge in [-0.15, -0.1) is 0 Å². The average Bonchev–Trinajstić information content (AvgIpc) is 3.35. The number of fused-ring (bicyclic) bond motifs is 3. The van der Waals surface area contributed by atoms with Crippen molar-refractivity contribution in [2.75, 3.05) is 23.7 Å². The molecule has 0 aliphatic carbocycles. The van der Waals surface area contributed by atoms with Crippen LogP contribution < -0.4 is 16.4 Å². The van der Waals surface area contributed by atoms with Crippen molar-refractivity contribution in [1.29, 1.82) is 0 Å². The SMILES string of the molecule is NC(=O)c1cccc2[nH]c(N3C[C@@H]4C[C@H]3CN4Cc3ccc(N)cc3)nc12. The molecule has 2 fully saturated rings. The summed E-state index contributed by atoms with van der Waals surface area (Å²) in [5.41, 5.74) is 15.3. The van der Waals surface area contributed by atoms with Gasteiger partial charge in [-0.2, -0.15) is 0 Å². The maximum absolute atomic E-state index is 11.7. The van der Waals surface area contributed by atoms with Gasteiger partial charge in [-0.1, -0.05) is 18.2 Å². The number of anilines is 2. The third-order valence-electron chi connectivity index (χ3n) is 5.76. The predicted octanol–water partition coefficient (Wildman–Crippen LogP) is 1.71. The summed E-state index contributed by atoms with van der Waals surface area (Å²) in [5.74, 6) is 0.384. The topological polar surface area (TPSA) is 104 Å². The molecule has 2 saturated heterocycles. The van der Waals surface area contributed by atoms with Crippen LogP contribution in [0.5, 0.6) is 0 Å². The lowest BCUT2D eigenvalue weighted by Gasteiger charge is -2.34. The molecule has 2 bridgehead atoms. The zero-order valence-electron chi connectivity index (χ0n) is 14.9. The number of H-pyrrole nitrogens is 1. The number of nitrogens with zero attached hydrogens (tertiary/aromatic N) is 3. The molecular weight excluding hydrogens is 340 g/mol. The number of likely N-dealkylation sites (tertiary alicyclic amines) is 1. The Morgan fingerprint density at radius 2 is 1.96 bits per heavy atom. The molecule has 2 aromatic carbocycles. The van der Waals surface area contributed by atoms with E-state index in [1.54, 1.807) is 6.07 Å². The van der Waals surface area contributed by atoms with Gasteiger partial charge in [0.25, 0.3) is 5.91 Å². The van der Waals surface area contributed by atoms with Gasteiger partial charge in [-0.25, -0.2) is 4.98 Å². The van der Waals surface area contributed by atoms with Gasteiger partial charge in [0.05, 0.1) is 11.1 Å². The molecule has 2 atom stereocenters. The minimum atomic E-state index is -0.448. The van der Waals surface area contributed by atoms with E-state index in [4.69, 9.17) is 16.5 Å². The van der Waals surface area contributed by atoms with Crippen LogP contribution in [0.3, 0.4) is 0 Å². The van der Waals surface area contributed by atoms with Crippen LogP contribution in [0.25, 0.3) is 11.0 Å². The number of piperazine rings is 1. The lowest BCUT2D eigenvalue weighted by molar-refractivity contribution is 0.100. The molecule has 0 saturated carbocycles. The second-order valence-corrected chi connectivity index (χ2v) is 7.49. The number of hydrogen-bond donors (Lipinski definition) is 3. The number of para-hydroxylation sites is 1. The Labute approximate surface area is 157 Å². The minimum absolute atomic E-state index is 0.432. The van der Waals surface area contributed by atoms with Gasteiger partial charge in [0.1, 0.15) is 5.52 Å². The van der Waals surface area contributed by atoms with Gasteiger partial charge in [0.2, 0.25) is 5.95 Å². The van der Waals surface area contributed by atoms with Crippen molar-refractivity contribution in [3.63, 3.8) is 0 Å². The highest BCUT2D eigenvalue weighted by Gasteiger charge is 2.44. The molecule has 27 heavy (non-hydrogen) atoms. The van der Waals surface area contributed by atoms with E-state index in [0.29, 0.717) is 23.2 Å². The monoisotopic (exact) mass is 362 g/mol. The summed E-state index contributed by atoms with van der Waals surface area (Å²) in [6, 6.07) is 14.5. The molecule has 7 nitrogen and oxygen atoms in total. The van der Waals surface area contributed by atoms with Gasteiger partial charge in [0.15, 0.2) is 0 Å². The van der Waals surface area contributed by atoms with Crippen molar-refractivity contribution in [3.05, 3.63) is 53.6 Å². The Morgan fingerprint density at radius 1 is 1.15 bits per heavy atom. The van der Waals surface area contributed by atoms with Crippen LogP contribution in [-0.2, 0) is 6.54 Å². The lowest BCUT2D eigenvalue weighted by atomic mass is 10.2. The zero-order valence-corrected chi connectivity index (χ0v) is 14.9. The van der Waals surface area contributed by atoms with E-state index in [2.05, 4.69) is 26.9 Å². The van der Waals surface area contributed by atoms with Gasteiger partial charge >= 0.3 is 0 Å². The fraction of sp³-hybridized carbons (Fsp3) is 0.300. The van der Waals surface area contributed by atoms with Gasteiger partial charge in [-0.3, -0.25) is 9.69 Å². The molecule has 2 aliphatic rings. The number of carbonyl (C=O) groups is 1. The number of carbonyl (C=O) groups excluding carboxylic acids is 1. The maximum Gasteiger partial charge on any atom is 0.250 e. The summed E-state index contributed by atoms with van der Waals surface area (Å²) in [5, 5.41) is 0. The van der Waals surface area contributed by atoms with E-state index < -0.39 is 5.91 Å². The number of benzene rings is 2. The molecule has 0 unspecified atom stereocenters. The molecule has 138 valence electrons. The standard InChI is InChI=1S/C20H22N6O/c21-13-6-4-12(5-7-13)9-25-10-15-8-14(25)11-26(15)20-23-17-3-1-2-16(19(22)27)18(17)24-20/h1-7,14-15H,8-11,21H2,(H2,22,27)(H,23,24)/t14-,15-/m0/s1. The molecule has 7 heteroatoms. The molecule has 5 rings (SSSR count). The van der Waals surface area contributed by atoms with E-state index in [-0.39, 0.29) is 0 Å². The van der Waals surface area contributed by atoms with Crippen LogP contribution in [0, 0.1) is 0 Å². The number of aromatic nitrogens is 2. The van der Waals surface area contributed by atoms with E-state index in [9.17, 15) is 4.79 Å². The molecule has 5 N–H and O–H groups in total. The number of rotatable bonds is 4. The molecule has 3 heterocycles. The molecular formula is C20H22N6O. The van der Waals surface area contributed by atoms with E-state index in [1.165, 1.54) is 5.56 Å². The lowest BCUT2D eigenvalue weighted by Crippen LogP contribution is -2.46. The van der Waals surface area contributed by atoms with Crippen LogP contribution in [0.2, 0.25) is 0 Å². The Morgan fingerprint density at radius 3 is 2.67 bits per heavy atom. The Kier molecular flexibility index (Phi) is 3.58. The fourth-order valence-corrected chi connectivity index (χ4v) is 4.41. The van der Waals surface area contributed by atoms with Crippen molar-refractivity contribution >= 4 is 28.6 Å². The first-order chi connectivity index (χ1) is 13.1. The first-order valence-corrected chi connectivity index (χ1v) is 9.22. The first kappa shape index (κ1) is 16.1. The smallest absolute Gasteiger partial charge is 0.250 e. The zero-order chi connectivity index (χ0) is 18.5. The highest BCUT2D eigenvalue weighted by atomic mass is 16.1. The molecule has 0 radical (unpaired) electrons. The van der Waals surface area contributed by atoms with Crippen molar-refractivity contribution in [2.24, 2.45) is 5.73 Å². The Hall–Kier alpha value is -3.06. The number of nitrogen functional groups attached to an aromatic ring is 1. The molecule has 1 amide bonds. The van der Waals surface area contributed by atoms with Crippen LogP contribution in [0.15, 0.2) is 42.5 Å². The van der Waals surface area contributed by atoms with E-state index in [1.807, 2.05) is 24.3 Å². The van der Waals surface area contributed by atoms with Crippen LogP contribution in [0.4, 0.5) is 11.6 Å². The summed E-state index contributed by atoms with van der Waals surface area (Å²) in [4.78, 5) is 24.6. The van der Waals surface area contributed by atoms with E-state index >= 15 is 0 Å². The van der Waals surface area contributed by atoms with E-state index in [0.717, 1.165) is 43.2 Å². The number of hydrogen-bond acceptors (Lipinski definition) is 5. The van der Waals surface area contributed by atoms with Crippen molar-refractivity contribution in [3.8, 4) is 0 Å². The quantitative estimate of drug-likeness (QED) is 0.613. The highest BCUT2D eigenvalue weighted by molar-refractivity contribution is 6.04. The van der Waals surface area contributed by atoms with Crippen molar-refractivity contribution in [2.45, 2.75) is 25.0 Å². The maximum atomic E-state index is 11.7. The van der Waals surface area contributed by atoms with Crippen LogP contribution >= 0.6 is 0 Å².